The van der Waals surface area contributed by atoms with E-state index in [0.717, 1.165) is 39.9 Å². The van der Waals surface area contributed by atoms with Crippen molar-refractivity contribution in [2.24, 2.45) is 0 Å². The molecule has 0 atom stereocenters. The Morgan fingerprint density at radius 3 is 2.54 bits per heavy atom. The first-order valence-electron chi connectivity index (χ1n) is 8.55. The number of imidazole rings is 1. The summed E-state index contributed by atoms with van der Waals surface area (Å²) in [4.78, 5) is 9.82. The van der Waals surface area contributed by atoms with Crippen LogP contribution in [0.1, 0.15) is 32.5 Å². The third-order valence-corrected chi connectivity index (χ3v) is 4.49. The molecule has 0 bridgehead atoms. The number of hydrogen-bond donors (Lipinski definition) is 0. The lowest BCUT2D eigenvalue weighted by atomic mass is 10.1. The topological polar surface area (TPSA) is 30.7 Å². The monoisotopic (exact) mass is 315 g/mol. The van der Waals surface area contributed by atoms with E-state index in [2.05, 4.69) is 73.9 Å². The van der Waals surface area contributed by atoms with Gasteiger partial charge in [0, 0.05) is 22.7 Å². The van der Waals surface area contributed by atoms with E-state index in [0.29, 0.717) is 6.04 Å². The first-order valence-corrected chi connectivity index (χ1v) is 8.55. The molecule has 4 rings (SSSR count). The average Bonchev–Trinajstić information content (AvgIpc) is 3.00. The summed E-state index contributed by atoms with van der Waals surface area (Å²) < 4.78 is 2.31. The molecule has 3 nitrogen and oxygen atoms in total. The molecule has 2 heterocycles. The second-order valence-electron chi connectivity index (χ2n) is 6.42. The fourth-order valence-corrected chi connectivity index (χ4v) is 3.32. The lowest BCUT2D eigenvalue weighted by molar-refractivity contribution is 0.624. The smallest absolute Gasteiger partial charge is 0.143 e. The Kier molecular flexibility index (Phi) is 3.57. The number of benzene rings is 2. The number of nitrogens with zero attached hydrogens (tertiary/aromatic N) is 3. The third-order valence-electron chi connectivity index (χ3n) is 4.49. The van der Waals surface area contributed by atoms with Crippen LogP contribution < -0.4 is 0 Å². The van der Waals surface area contributed by atoms with E-state index in [1.54, 1.807) is 0 Å². The fraction of sp³-hybridized carbons (Fsp3) is 0.238. The molecule has 2 aromatic carbocycles. The predicted octanol–water partition coefficient (Wildman–Crippen LogP) is 5.39. The lowest BCUT2D eigenvalue weighted by Gasteiger charge is -2.14. The van der Waals surface area contributed by atoms with Crippen LogP contribution in [-0.4, -0.2) is 14.5 Å². The van der Waals surface area contributed by atoms with Gasteiger partial charge in [-0.3, -0.25) is 4.98 Å². The van der Waals surface area contributed by atoms with Gasteiger partial charge in [0.05, 0.1) is 16.6 Å². The van der Waals surface area contributed by atoms with Crippen molar-refractivity contribution in [2.45, 2.75) is 33.2 Å². The average molecular weight is 315 g/mol. The quantitative estimate of drug-likeness (QED) is 0.507. The van der Waals surface area contributed by atoms with Gasteiger partial charge in [0.15, 0.2) is 0 Å². The van der Waals surface area contributed by atoms with Crippen molar-refractivity contribution in [2.75, 3.05) is 0 Å². The zero-order valence-electron chi connectivity index (χ0n) is 14.3. The third kappa shape index (κ3) is 2.28. The largest absolute Gasteiger partial charge is 0.321 e. The minimum Gasteiger partial charge on any atom is -0.321 e. The van der Waals surface area contributed by atoms with Crippen molar-refractivity contribution in [3.63, 3.8) is 0 Å². The van der Waals surface area contributed by atoms with Gasteiger partial charge in [-0.25, -0.2) is 4.98 Å². The van der Waals surface area contributed by atoms with E-state index in [1.807, 2.05) is 6.07 Å². The van der Waals surface area contributed by atoms with Gasteiger partial charge in [-0.15, -0.1) is 0 Å². The molecule has 0 aliphatic carbocycles. The number of para-hydroxylation sites is 3. The van der Waals surface area contributed by atoms with Crippen LogP contribution in [0, 0.1) is 0 Å². The number of pyridine rings is 1. The Morgan fingerprint density at radius 1 is 0.917 bits per heavy atom. The summed E-state index contributed by atoms with van der Waals surface area (Å²) in [6, 6.07) is 19.3. The SMILES string of the molecule is CCc1ccc2cccc(-c3nc4ccccc4n3C(C)C)c2n1. The van der Waals surface area contributed by atoms with Crippen molar-refractivity contribution in [3.8, 4) is 11.4 Å². The van der Waals surface area contributed by atoms with E-state index in [4.69, 9.17) is 9.97 Å². The van der Waals surface area contributed by atoms with Crippen molar-refractivity contribution >= 4 is 21.9 Å². The van der Waals surface area contributed by atoms with Crippen LogP contribution in [0.3, 0.4) is 0 Å². The molecule has 2 aromatic heterocycles. The van der Waals surface area contributed by atoms with Crippen LogP contribution in [-0.2, 0) is 6.42 Å². The number of fused-ring (bicyclic) bond motifs is 2. The van der Waals surface area contributed by atoms with Gasteiger partial charge in [-0.1, -0.05) is 37.3 Å². The first-order chi connectivity index (χ1) is 11.7. The molecule has 24 heavy (non-hydrogen) atoms. The highest BCUT2D eigenvalue weighted by atomic mass is 15.1. The maximum absolute atomic E-state index is 4.93. The Balaban J connectivity index is 2.08. The Labute approximate surface area is 142 Å². The minimum atomic E-state index is 0.331. The highest BCUT2D eigenvalue weighted by Gasteiger charge is 2.17. The normalized spacial score (nSPS) is 11.7. The van der Waals surface area contributed by atoms with Crippen molar-refractivity contribution in [1.29, 1.82) is 0 Å². The Bertz CT molecular complexity index is 1030. The molecule has 0 N–H and O–H groups in total. The standard InChI is InChI=1S/C21H21N3/c1-4-16-13-12-15-8-7-9-17(20(15)22-16)21-23-18-10-5-6-11-19(18)24(21)14(2)3/h5-14H,4H2,1-3H3. The number of aromatic nitrogens is 3. The second kappa shape index (κ2) is 5.75. The molecule has 3 heteroatoms. The van der Waals surface area contributed by atoms with Gasteiger partial charge in [-0.2, -0.15) is 0 Å². The maximum Gasteiger partial charge on any atom is 0.143 e. The molecule has 0 amide bonds. The molecule has 120 valence electrons. The van der Waals surface area contributed by atoms with Gasteiger partial charge in [0.2, 0.25) is 0 Å². The molecular weight excluding hydrogens is 294 g/mol. The van der Waals surface area contributed by atoms with Crippen molar-refractivity contribution in [1.82, 2.24) is 14.5 Å². The summed E-state index contributed by atoms with van der Waals surface area (Å²) in [5.41, 5.74) is 5.46. The minimum absolute atomic E-state index is 0.331. The molecule has 0 aliphatic heterocycles. The zero-order valence-corrected chi connectivity index (χ0v) is 14.3. The summed E-state index contributed by atoms with van der Waals surface area (Å²) in [5, 5.41) is 1.16. The van der Waals surface area contributed by atoms with Crippen LogP contribution in [0.5, 0.6) is 0 Å². The molecule has 0 fully saturated rings. The molecule has 0 unspecified atom stereocenters. The van der Waals surface area contributed by atoms with Gasteiger partial charge in [0.1, 0.15) is 5.82 Å². The summed E-state index contributed by atoms with van der Waals surface area (Å²) in [6.45, 7) is 6.54. The summed E-state index contributed by atoms with van der Waals surface area (Å²) in [6.07, 6.45) is 0.935. The molecular formula is C21H21N3. The second-order valence-corrected chi connectivity index (χ2v) is 6.42. The van der Waals surface area contributed by atoms with Crippen LogP contribution >= 0.6 is 0 Å². The van der Waals surface area contributed by atoms with Crippen LogP contribution in [0.15, 0.2) is 54.6 Å². The van der Waals surface area contributed by atoms with Gasteiger partial charge >= 0.3 is 0 Å². The molecule has 4 aromatic rings. The van der Waals surface area contributed by atoms with E-state index >= 15 is 0 Å². The molecule has 0 saturated heterocycles. The summed E-state index contributed by atoms with van der Waals surface area (Å²) in [7, 11) is 0. The zero-order chi connectivity index (χ0) is 16.7. The Hall–Kier alpha value is -2.68. The number of hydrogen-bond acceptors (Lipinski definition) is 2. The molecule has 0 aliphatic rings. The summed E-state index contributed by atoms with van der Waals surface area (Å²) >= 11 is 0. The molecule has 0 saturated carbocycles. The lowest BCUT2D eigenvalue weighted by Crippen LogP contribution is -2.04. The first kappa shape index (κ1) is 14.9. The van der Waals surface area contributed by atoms with Gasteiger partial charge < -0.3 is 4.57 Å². The van der Waals surface area contributed by atoms with Crippen molar-refractivity contribution in [3.05, 3.63) is 60.3 Å². The number of aryl methyl sites for hydroxylation is 1. The summed E-state index contributed by atoms with van der Waals surface area (Å²) in [5.74, 6) is 0.998. The highest BCUT2D eigenvalue weighted by Crippen LogP contribution is 2.32. The van der Waals surface area contributed by atoms with Crippen molar-refractivity contribution < 1.29 is 0 Å². The predicted molar refractivity (Wildman–Crippen MR) is 100 cm³/mol. The number of rotatable bonds is 3. The van der Waals surface area contributed by atoms with Crippen LogP contribution in [0.2, 0.25) is 0 Å². The van der Waals surface area contributed by atoms with Crippen LogP contribution in [0.25, 0.3) is 33.3 Å². The van der Waals surface area contributed by atoms with E-state index in [9.17, 15) is 0 Å². The van der Waals surface area contributed by atoms with E-state index < -0.39 is 0 Å². The van der Waals surface area contributed by atoms with Gasteiger partial charge in [0.25, 0.3) is 0 Å². The van der Waals surface area contributed by atoms with E-state index in [-0.39, 0.29) is 0 Å². The molecule has 0 spiro atoms. The molecule has 0 radical (unpaired) electrons. The fourth-order valence-electron chi connectivity index (χ4n) is 3.32. The highest BCUT2D eigenvalue weighted by molar-refractivity contribution is 5.94. The van der Waals surface area contributed by atoms with Crippen LogP contribution in [0.4, 0.5) is 0 Å². The Morgan fingerprint density at radius 2 is 1.75 bits per heavy atom. The van der Waals surface area contributed by atoms with E-state index in [1.165, 1.54) is 5.52 Å². The maximum atomic E-state index is 4.93. The van der Waals surface area contributed by atoms with Gasteiger partial charge in [-0.05, 0) is 44.5 Å².